The van der Waals surface area contributed by atoms with Gasteiger partial charge in [-0.1, -0.05) is 34.7 Å². The predicted octanol–water partition coefficient (Wildman–Crippen LogP) is -1.94. The van der Waals surface area contributed by atoms with Crippen molar-refractivity contribution < 1.29 is 23.9 Å². The first-order valence-corrected chi connectivity index (χ1v) is 12.4. The molecule has 0 bridgehead atoms. The van der Waals surface area contributed by atoms with Crippen LogP contribution in [0.1, 0.15) is 45.8 Å². The molecule has 3 aliphatic rings. The van der Waals surface area contributed by atoms with Crippen LogP contribution in [0, 0.1) is 0 Å². The monoisotopic (exact) mass is 499 g/mol. The molecule has 0 aromatic heterocycles. The van der Waals surface area contributed by atoms with Crippen LogP contribution in [0.5, 0.6) is 5.75 Å². The average Bonchev–Trinajstić information content (AvgIpc) is 3.21. The number of amides is 3. The molecule has 38 heavy (non-hydrogen) atoms. The van der Waals surface area contributed by atoms with Gasteiger partial charge in [-0.15, -0.1) is 0 Å². The molecule has 3 aliphatic heterocycles. The van der Waals surface area contributed by atoms with E-state index in [9.17, 15) is 14.4 Å². The molecular weight excluding hydrogens is 476 g/mol. The topological polar surface area (TPSA) is 88.2 Å². The molecule has 1 N–H and O–H groups in total. The smallest absolute Gasteiger partial charge is 0.255 e. The number of benzene rings is 2. The van der Waals surface area contributed by atoms with E-state index >= 15 is 0 Å². The molecule has 2 saturated heterocycles. The molecular formula is C25H22B5N3O5. The minimum atomic E-state index is -1.86. The van der Waals surface area contributed by atoms with Gasteiger partial charge < -0.3 is 19.3 Å². The van der Waals surface area contributed by atoms with E-state index in [1.54, 1.807) is 30.3 Å². The second-order valence-electron chi connectivity index (χ2n) is 9.74. The van der Waals surface area contributed by atoms with Gasteiger partial charge in [0.1, 0.15) is 43.2 Å². The first-order valence-electron chi connectivity index (χ1n) is 12.4. The van der Waals surface area contributed by atoms with Gasteiger partial charge in [0.2, 0.25) is 11.8 Å². The summed E-state index contributed by atoms with van der Waals surface area (Å²) >= 11 is 0. The fraction of sp³-hybridized carbons (Fsp3) is 0.400. The van der Waals surface area contributed by atoms with E-state index < -0.39 is 23.3 Å². The Morgan fingerprint density at radius 1 is 1.08 bits per heavy atom. The highest BCUT2D eigenvalue weighted by molar-refractivity contribution is 6.43. The van der Waals surface area contributed by atoms with Gasteiger partial charge in [0.15, 0.2) is 0 Å². The normalized spacial score (nSPS) is 21.2. The molecule has 0 spiro atoms. The summed E-state index contributed by atoms with van der Waals surface area (Å²) in [6, 6.07) is 7.33. The van der Waals surface area contributed by atoms with Gasteiger partial charge in [0.25, 0.3) is 5.91 Å². The standard InChI is InChI=1S/C25H22B5N3O5/c26-16-10-13(11-17(27)21(16)22(28)32-6-8-37-9-7-32)25(29,30)38-19-3-1-2-14-15(19)12-33(24(14)36)18-4-5-20(34)31-23(18)35/h1-3,10-11,18,22H,4-9,12H2,(H,31,34,35). The van der Waals surface area contributed by atoms with Crippen molar-refractivity contribution in [2.75, 3.05) is 26.3 Å². The van der Waals surface area contributed by atoms with Gasteiger partial charge >= 0.3 is 0 Å². The van der Waals surface area contributed by atoms with Crippen molar-refractivity contribution in [1.29, 1.82) is 0 Å². The Labute approximate surface area is 228 Å². The van der Waals surface area contributed by atoms with E-state index in [2.05, 4.69) is 5.32 Å². The summed E-state index contributed by atoms with van der Waals surface area (Å²) < 4.78 is 11.4. The summed E-state index contributed by atoms with van der Waals surface area (Å²) in [5, 5.41) is 0.430. The van der Waals surface area contributed by atoms with Crippen LogP contribution in [0.4, 0.5) is 0 Å². The number of morpholine rings is 1. The third-order valence-corrected chi connectivity index (χ3v) is 7.25. The molecule has 3 heterocycles. The fourth-order valence-electron chi connectivity index (χ4n) is 5.20. The van der Waals surface area contributed by atoms with Crippen molar-refractivity contribution in [2.45, 2.75) is 36.8 Å². The molecule has 182 valence electrons. The van der Waals surface area contributed by atoms with E-state index in [1.165, 1.54) is 4.90 Å². The van der Waals surface area contributed by atoms with Crippen LogP contribution >= 0.6 is 0 Å². The van der Waals surface area contributed by atoms with Gasteiger partial charge in [-0.2, -0.15) is 0 Å². The molecule has 2 fully saturated rings. The van der Waals surface area contributed by atoms with E-state index in [4.69, 9.17) is 48.7 Å². The Morgan fingerprint density at radius 3 is 2.42 bits per heavy atom. The number of ether oxygens (including phenoxy) is 2. The van der Waals surface area contributed by atoms with Gasteiger partial charge in [0, 0.05) is 36.0 Å². The number of hydrogen-bond donors (Lipinski definition) is 1. The van der Waals surface area contributed by atoms with Crippen molar-refractivity contribution in [3.05, 3.63) is 52.6 Å². The third-order valence-electron chi connectivity index (χ3n) is 7.25. The zero-order valence-corrected chi connectivity index (χ0v) is 20.8. The van der Waals surface area contributed by atoms with Crippen LogP contribution in [-0.2, 0) is 26.3 Å². The zero-order chi connectivity index (χ0) is 27.2. The molecule has 2 aromatic rings. The molecule has 8 nitrogen and oxygen atoms in total. The van der Waals surface area contributed by atoms with E-state index in [1.807, 2.05) is 4.90 Å². The molecule has 3 amide bonds. The second-order valence-corrected chi connectivity index (χ2v) is 9.74. The summed E-state index contributed by atoms with van der Waals surface area (Å²) in [5.74, 6) is -1.44. The number of rotatable bonds is 6. The molecule has 2 aromatic carbocycles. The minimum Gasteiger partial charge on any atom is -0.502 e. The maximum Gasteiger partial charge on any atom is 0.255 e. The van der Waals surface area contributed by atoms with E-state index in [-0.39, 0.29) is 37.0 Å². The van der Waals surface area contributed by atoms with Crippen LogP contribution < -0.4 is 21.0 Å². The van der Waals surface area contributed by atoms with Crippen LogP contribution in [-0.4, -0.2) is 99.1 Å². The van der Waals surface area contributed by atoms with Crippen LogP contribution in [0.3, 0.4) is 0 Å². The largest absolute Gasteiger partial charge is 0.502 e. The molecule has 13 heteroatoms. The second kappa shape index (κ2) is 10.3. The first-order chi connectivity index (χ1) is 18.1. The van der Waals surface area contributed by atoms with Crippen LogP contribution in [0.25, 0.3) is 0 Å². The number of fused-ring (bicyclic) bond motifs is 1. The molecule has 10 radical (unpaired) electrons. The van der Waals surface area contributed by atoms with Gasteiger partial charge in [-0.25, -0.2) is 0 Å². The number of carbonyl (C=O) groups is 3. The first kappa shape index (κ1) is 26.7. The lowest BCUT2D eigenvalue weighted by Crippen LogP contribution is -2.52. The average molecular weight is 499 g/mol. The van der Waals surface area contributed by atoms with Crippen molar-refractivity contribution in [3.63, 3.8) is 0 Å². The number of nitrogens with one attached hydrogen (secondary N) is 1. The number of piperidine rings is 1. The van der Waals surface area contributed by atoms with Gasteiger partial charge in [-0.3, -0.25) is 19.7 Å². The summed E-state index contributed by atoms with van der Waals surface area (Å²) in [6.45, 7) is 2.54. The summed E-state index contributed by atoms with van der Waals surface area (Å²) in [4.78, 5) is 40.5. The molecule has 2 atom stereocenters. The highest BCUT2D eigenvalue weighted by Crippen LogP contribution is 2.36. The van der Waals surface area contributed by atoms with E-state index in [0.717, 1.165) is 0 Å². The van der Waals surface area contributed by atoms with Crippen molar-refractivity contribution in [1.82, 2.24) is 15.1 Å². The Balaban J connectivity index is 1.38. The number of imide groups is 1. The predicted molar refractivity (Wildman–Crippen MR) is 144 cm³/mol. The quantitative estimate of drug-likeness (QED) is 0.369. The molecule has 2 unspecified atom stereocenters. The SMILES string of the molecule is [B]c1cc(C([B])([B])Oc2cccc3c2CN(C2CCC(=O)NC2=O)C3=O)cc([B])c1C([B])N1CCOCC1. The van der Waals surface area contributed by atoms with Crippen LogP contribution in [0.15, 0.2) is 30.3 Å². The maximum absolute atomic E-state index is 13.1. The highest BCUT2D eigenvalue weighted by atomic mass is 16.5. The molecule has 0 saturated carbocycles. The summed E-state index contributed by atoms with van der Waals surface area (Å²) in [6.07, 6.45) is 0.401. The van der Waals surface area contributed by atoms with Crippen molar-refractivity contribution in [3.8, 4) is 5.75 Å². The van der Waals surface area contributed by atoms with Gasteiger partial charge in [-0.05, 0) is 30.1 Å². The Hall–Kier alpha value is -2.91. The summed E-state index contributed by atoms with van der Waals surface area (Å²) in [5.41, 5.74) is 2.43. The minimum absolute atomic E-state index is 0.102. The lowest BCUT2D eigenvalue weighted by atomic mass is 9.59. The lowest BCUT2D eigenvalue weighted by molar-refractivity contribution is -0.136. The Kier molecular flexibility index (Phi) is 7.26. The van der Waals surface area contributed by atoms with Crippen LogP contribution in [0.2, 0.25) is 0 Å². The third kappa shape index (κ3) is 4.94. The number of nitrogens with zero attached hydrogens (tertiary/aromatic N) is 2. The zero-order valence-electron chi connectivity index (χ0n) is 20.8. The Bertz CT molecular complexity index is 1280. The van der Waals surface area contributed by atoms with Gasteiger partial charge in [0.05, 0.1) is 27.6 Å². The van der Waals surface area contributed by atoms with E-state index in [0.29, 0.717) is 59.5 Å². The molecule has 5 rings (SSSR count). The molecule has 0 aliphatic carbocycles. The summed E-state index contributed by atoms with van der Waals surface area (Å²) in [7, 11) is 32.0. The fourth-order valence-corrected chi connectivity index (χ4v) is 5.20. The number of carbonyl (C=O) groups excluding carboxylic acids is 3. The van der Waals surface area contributed by atoms with Crippen molar-refractivity contribution in [2.24, 2.45) is 0 Å². The Morgan fingerprint density at radius 2 is 1.76 bits per heavy atom. The number of hydrogen-bond acceptors (Lipinski definition) is 6. The highest BCUT2D eigenvalue weighted by Gasteiger charge is 2.40. The van der Waals surface area contributed by atoms with Crippen molar-refractivity contribution >= 4 is 67.9 Å². The maximum atomic E-state index is 13.1. The lowest BCUT2D eigenvalue weighted by Gasteiger charge is -2.36.